The van der Waals surface area contributed by atoms with Gasteiger partial charge in [-0.25, -0.2) is 4.79 Å². The number of hydrogen-bond acceptors (Lipinski definition) is 3. The summed E-state index contributed by atoms with van der Waals surface area (Å²) in [5.41, 5.74) is 2.44. The van der Waals surface area contributed by atoms with Crippen LogP contribution in [0.15, 0.2) is 54.6 Å². The van der Waals surface area contributed by atoms with Crippen LogP contribution < -0.4 is 5.32 Å². The smallest absolute Gasteiger partial charge is 0.306 e. The molecule has 2 aromatic carbocycles. The molecule has 0 bridgehead atoms. The zero-order chi connectivity index (χ0) is 16.7. The van der Waals surface area contributed by atoms with Crippen molar-refractivity contribution < 1.29 is 13.8 Å². The van der Waals surface area contributed by atoms with Gasteiger partial charge in [0.25, 0.3) is 0 Å². The van der Waals surface area contributed by atoms with Crippen molar-refractivity contribution in [3.8, 4) is 0 Å². The molecule has 2 amide bonds. The molecule has 122 valence electrons. The number of carbonyl (C=O) groups excluding carboxylic acids is 1. The minimum absolute atomic E-state index is 0.338. The van der Waals surface area contributed by atoms with Crippen molar-refractivity contribution in [2.24, 2.45) is 0 Å². The van der Waals surface area contributed by atoms with Gasteiger partial charge in [-0.1, -0.05) is 48.5 Å². The highest BCUT2D eigenvalue weighted by Crippen LogP contribution is 2.18. The van der Waals surface area contributed by atoms with Crippen LogP contribution in [0, 0.1) is 0 Å². The molecular weight excluding hydrogens is 312 g/mol. The summed E-state index contributed by atoms with van der Waals surface area (Å²) >= 11 is 0. The van der Waals surface area contributed by atoms with Crippen molar-refractivity contribution in [1.29, 1.82) is 0 Å². The molecule has 0 aliphatic heterocycles. The molecule has 0 aromatic heterocycles. The van der Waals surface area contributed by atoms with E-state index in [4.69, 9.17) is 4.84 Å². The van der Waals surface area contributed by atoms with Gasteiger partial charge >= 0.3 is 6.03 Å². The number of benzene rings is 2. The van der Waals surface area contributed by atoms with Crippen molar-refractivity contribution in [2.75, 3.05) is 18.7 Å². The summed E-state index contributed by atoms with van der Waals surface area (Å²) in [5, 5.41) is 4.06. The van der Waals surface area contributed by atoms with Gasteiger partial charge in [0, 0.05) is 22.7 Å². The highest BCUT2D eigenvalue weighted by Gasteiger charge is 2.15. The first-order chi connectivity index (χ1) is 11.1. The van der Waals surface area contributed by atoms with Crippen LogP contribution in [0.5, 0.6) is 0 Å². The first-order valence-electron chi connectivity index (χ1n) is 7.14. The van der Waals surface area contributed by atoms with E-state index in [9.17, 15) is 9.00 Å². The van der Waals surface area contributed by atoms with Crippen molar-refractivity contribution in [1.82, 2.24) is 5.06 Å². The lowest BCUT2D eigenvalue weighted by Gasteiger charge is -2.21. The van der Waals surface area contributed by atoms with E-state index in [-0.39, 0.29) is 6.03 Å². The third-order valence-electron chi connectivity index (χ3n) is 3.23. The van der Waals surface area contributed by atoms with Crippen molar-refractivity contribution in [3.63, 3.8) is 0 Å². The summed E-state index contributed by atoms with van der Waals surface area (Å²) in [6, 6.07) is 16.5. The molecule has 1 N–H and O–H groups in total. The van der Waals surface area contributed by atoms with Gasteiger partial charge in [-0.2, -0.15) is 5.06 Å². The van der Waals surface area contributed by atoms with E-state index in [1.807, 2.05) is 48.5 Å². The predicted octanol–water partition coefficient (Wildman–Crippen LogP) is 3.16. The maximum absolute atomic E-state index is 12.4. The highest BCUT2D eigenvalue weighted by molar-refractivity contribution is 7.83. The molecule has 6 heteroatoms. The van der Waals surface area contributed by atoms with Crippen molar-refractivity contribution in [2.45, 2.75) is 12.3 Å². The van der Waals surface area contributed by atoms with Gasteiger partial charge in [-0.15, -0.1) is 0 Å². The third kappa shape index (κ3) is 5.19. The molecule has 0 saturated heterocycles. The maximum atomic E-state index is 12.4. The first-order valence-corrected chi connectivity index (χ1v) is 8.87. The monoisotopic (exact) mass is 332 g/mol. The second kappa shape index (κ2) is 8.45. The number of nitrogens with zero attached hydrogens (tertiary/aromatic N) is 1. The molecule has 0 spiro atoms. The van der Waals surface area contributed by atoms with E-state index in [1.165, 1.54) is 12.2 Å². The highest BCUT2D eigenvalue weighted by atomic mass is 32.2. The van der Waals surface area contributed by atoms with E-state index >= 15 is 0 Å². The fourth-order valence-corrected chi connectivity index (χ4v) is 2.82. The van der Waals surface area contributed by atoms with Gasteiger partial charge in [0.2, 0.25) is 0 Å². The number of nitrogens with one attached hydrogen (secondary N) is 1. The summed E-state index contributed by atoms with van der Waals surface area (Å²) in [4.78, 5) is 17.6. The molecular formula is C17H20N2O3S. The molecule has 1 atom stereocenters. The molecule has 23 heavy (non-hydrogen) atoms. The second-order valence-electron chi connectivity index (χ2n) is 5.01. The van der Waals surface area contributed by atoms with Gasteiger partial charge in [0.15, 0.2) is 0 Å². The Morgan fingerprint density at radius 3 is 2.43 bits per heavy atom. The Balaban J connectivity index is 2.09. The zero-order valence-electron chi connectivity index (χ0n) is 13.2. The van der Waals surface area contributed by atoms with Crippen LogP contribution in [0.2, 0.25) is 0 Å². The minimum Gasteiger partial charge on any atom is -0.306 e. The molecule has 2 aromatic rings. The normalized spacial score (nSPS) is 11.7. The molecule has 0 aliphatic carbocycles. The average Bonchev–Trinajstić information content (AvgIpc) is 2.55. The van der Waals surface area contributed by atoms with Crippen LogP contribution in [0.1, 0.15) is 11.1 Å². The number of rotatable bonds is 6. The van der Waals surface area contributed by atoms with Crippen molar-refractivity contribution in [3.05, 3.63) is 65.7 Å². The Bertz CT molecular complexity index is 677. The number of hydroxylamine groups is 2. The lowest BCUT2D eigenvalue weighted by Crippen LogP contribution is -2.33. The van der Waals surface area contributed by atoms with Crippen molar-refractivity contribution >= 4 is 22.5 Å². The van der Waals surface area contributed by atoms with Gasteiger partial charge in [-0.05, 0) is 17.2 Å². The van der Waals surface area contributed by atoms with E-state index in [0.29, 0.717) is 18.0 Å². The Labute approximate surface area is 138 Å². The van der Waals surface area contributed by atoms with Crippen LogP contribution in [0.25, 0.3) is 0 Å². The summed E-state index contributed by atoms with van der Waals surface area (Å²) in [6.07, 6.45) is 1.63. The summed E-state index contributed by atoms with van der Waals surface area (Å²) < 4.78 is 11.4. The zero-order valence-corrected chi connectivity index (χ0v) is 14.0. The molecule has 0 aliphatic rings. The molecule has 0 fully saturated rings. The fraction of sp³-hybridized carbons (Fsp3) is 0.235. The lowest BCUT2D eigenvalue weighted by molar-refractivity contribution is -0.0886. The van der Waals surface area contributed by atoms with Gasteiger partial charge in [-0.3, -0.25) is 9.05 Å². The SMILES string of the molecule is CON(Cc1ccccc1)C(=O)Nc1ccccc1C[S@@](C)=O. The standard InChI is InChI=1S/C17H20N2O3S/c1-22-19(12-14-8-4-3-5-9-14)17(20)18-16-11-7-6-10-15(16)13-23(2)21/h3-11H,12-13H2,1-2H3,(H,18,20)/t23-/m1/s1. The number of amides is 2. The summed E-state index contributed by atoms with van der Waals surface area (Å²) in [6.45, 7) is 0.338. The maximum Gasteiger partial charge on any atom is 0.346 e. The molecule has 5 nitrogen and oxygen atoms in total. The molecule has 2 rings (SSSR count). The van der Waals surface area contributed by atoms with Gasteiger partial charge in [0.1, 0.15) is 0 Å². The summed E-state index contributed by atoms with van der Waals surface area (Å²) in [5.74, 6) is 0.391. The third-order valence-corrected chi connectivity index (χ3v) is 3.95. The van der Waals surface area contributed by atoms with Crippen LogP contribution in [-0.2, 0) is 27.9 Å². The molecule has 0 heterocycles. The number of para-hydroxylation sites is 1. The number of anilines is 1. The van der Waals surface area contributed by atoms with Crippen LogP contribution in [0.3, 0.4) is 0 Å². The average molecular weight is 332 g/mol. The van der Waals surface area contributed by atoms with Gasteiger partial charge in [0.05, 0.1) is 19.4 Å². The Kier molecular flexibility index (Phi) is 6.31. The van der Waals surface area contributed by atoms with Gasteiger partial charge < -0.3 is 5.32 Å². The minimum atomic E-state index is -0.982. The van der Waals surface area contributed by atoms with E-state index < -0.39 is 10.8 Å². The topological polar surface area (TPSA) is 58.6 Å². The largest absolute Gasteiger partial charge is 0.346 e. The quantitative estimate of drug-likeness (QED) is 0.827. The van der Waals surface area contributed by atoms with E-state index in [1.54, 1.807) is 12.3 Å². The van der Waals surface area contributed by atoms with E-state index in [2.05, 4.69) is 5.32 Å². The predicted molar refractivity (Wildman–Crippen MR) is 92.2 cm³/mol. The molecule has 0 unspecified atom stereocenters. The second-order valence-corrected chi connectivity index (χ2v) is 6.44. The Morgan fingerprint density at radius 2 is 1.78 bits per heavy atom. The summed E-state index contributed by atoms with van der Waals surface area (Å²) in [7, 11) is 0.472. The Hall–Kier alpha value is -2.18. The number of hydrogen-bond donors (Lipinski definition) is 1. The number of carbonyl (C=O) groups is 1. The van der Waals surface area contributed by atoms with Crippen LogP contribution >= 0.6 is 0 Å². The Morgan fingerprint density at radius 1 is 1.13 bits per heavy atom. The lowest BCUT2D eigenvalue weighted by atomic mass is 10.2. The molecule has 0 radical (unpaired) electrons. The number of urea groups is 1. The van der Waals surface area contributed by atoms with E-state index in [0.717, 1.165) is 11.1 Å². The fourth-order valence-electron chi connectivity index (χ4n) is 2.13. The first kappa shape index (κ1) is 17.2. The van der Waals surface area contributed by atoms with Crippen LogP contribution in [0.4, 0.5) is 10.5 Å². The molecule has 0 saturated carbocycles. The van der Waals surface area contributed by atoms with Crippen LogP contribution in [-0.4, -0.2) is 28.7 Å².